The van der Waals surface area contributed by atoms with Crippen molar-refractivity contribution < 1.29 is 9.53 Å². The maximum Gasteiger partial charge on any atom is 0.311 e. The molecule has 0 aliphatic carbocycles. The number of nitrogens with zero attached hydrogens (tertiary/aromatic N) is 1. The molecule has 0 N–H and O–H groups in total. The molecule has 1 heterocycles. The number of carbonyl (C=O) groups is 1. The number of carbonyl (C=O) groups excluding carboxylic acids is 1. The molecule has 1 rings (SSSR count). The summed E-state index contributed by atoms with van der Waals surface area (Å²) < 4.78 is 4.55. The van der Waals surface area contributed by atoms with Crippen molar-refractivity contribution in [2.45, 2.75) is 19.8 Å². The minimum Gasteiger partial charge on any atom is -0.469 e. The van der Waals surface area contributed by atoms with Crippen molar-refractivity contribution in [1.29, 1.82) is 0 Å². The number of hydrogen-bond donors (Lipinski definition) is 0. The van der Waals surface area contributed by atoms with E-state index in [1.165, 1.54) is 12.7 Å². The molecule has 0 aliphatic heterocycles. The first-order valence-electron chi connectivity index (χ1n) is 4.27. The van der Waals surface area contributed by atoms with Crippen LogP contribution in [0.1, 0.15) is 18.2 Å². The molecule has 13 heavy (non-hydrogen) atoms. The van der Waals surface area contributed by atoms with Gasteiger partial charge in [0, 0.05) is 6.20 Å². The third-order valence-corrected chi connectivity index (χ3v) is 1.84. The van der Waals surface area contributed by atoms with Crippen LogP contribution >= 0.6 is 0 Å². The molecule has 0 atom stereocenters. The number of aromatic nitrogens is 1. The topological polar surface area (TPSA) is 39.2 Å². The van der Waals surface area contributed by atoms with Crippen molar-refractivity contribution in [3.8, 4) is 0 Å². The Bertz CT molecular complexity index is 297. The highest BCUT2D eigenvalue weighted by atomic mass is 16.5. The monoisotopic (exact) mass is 179 g/mol. The average Bonchev–Trinajstić information content (AvgIpc) is 2.18. The zero-order valence-electron chi connectivity index (χ0n) is 7.91. The molecule has 0 saturated heterocycles. The van der Waals surface area contributed by atoms with Gasteiger partial charge >= 0.3 is 5.97 Å². The Labute approximate surface area is 77.8 Å². The van der Waals surface area contributed by atoms with Crippen LogP contribution in [0.4, 0.5) is 0 Å². The molecule has 0 spiro atoms. The van der Waals surface area contributed by atoms with E-state index in [1.807, 2.05) is 12.1 Å². The first kappa shape index (κ1) is 9.71. The Kier molecular flexibility index (Phi) is 3.43. The number of hydrogen-bond acceptors (Lipinski definition) is 3. The van der Waals surface area contributed by atoms with Gasteiger partial charge in [-0.2, -0.15) is 0 Å². The van der Waals surface area contributed by atoms with Crippen LogP contribution < -0.4 is 0 Å². The summed E-state index contributed by atoms with van der Waals surface area (Å²) in [6, 6.07) is 3.87. The second kappa shape index (κ2) is 4.60. The molecule has 0 radical (unpaired) electrons. The van der Waals surface area contributed by atoms with E-state index in [-0.39, 0.29) is 12.4 Å². The van der Waals surface area contributed by atoms with Crippen molar-refractivity contribution in [2.24, 2.45) is 0 Å². The zero-order valence-corrected chi connectivity index (χ0v) is 7.91. The molecule has 0 bridgehead atoms. The summed E-state index contributed by atoms with van der Waals surface area (Å²) in [7, 11) is 1.38. The molecule has 70 valence electrons. The molecule has 0 aliphatic rings. The van der Waals surface area contributed by atoms with E-state index >= 15 is 0 Å². The van der Waals surface area contributed by atoms with Crippen LogP contribution in [0, 0.1) is 0 Å². The summed E-state index contributed by atoms with van der Waals surface area (Å²) in [6.45, 7) is 2.07. The van der Waals surface area contributed by atoms with Crippen LogP contribution in [0.3, 0.4) is 0 Å². The smallest absolute Gasteiger partial charge is 0.311 e. The summed E-state index contributed by atoms with van der Waals surface area (Å²) >= 11 is 0. The Morgan fingerprint density at radius 2 is 2.38 bits per heavy atom. The van der Waals surface area contributed by atoms with Crippen molar-refractivity contribution in [3.05, 3.63) is 29.6 Å². The van der Waals surface area contributed by atoms with Crippen LogP contribution in [-0.2, 0) is 22.4 Å². The van der Waals surface area contributed by atoms with Crippen LogP contribution in [0.2, 0.25) is 0 Å². The van der Waals surface area contributed by atoms with Crippen molar-refractivity contribution >= 4 is 5.97 Å². The zero-order chi connectivity index (χ0) is 9.68. The van der Waals surface area contributed by atoms with Gasteiger partial charge in [0.2, 0.25) is 0 Å². The lowest BCUT2D eigenvalue weighted by molar-refractivity contribution is -0.139. The minimum absolute atomic E-state index is 0.249. The van der Waals surface area contributed by atoms with Crippen LogP contribution in [0.5, 0.6) is 0 Å². The van der Waals surface area contributed by atoms with Gasteiger partial charge in [-0.05, 0) is 24.1 Å². The van der Waals surface area contributed by atoms with E-state index in [1.54, 1.807) is 6.20 Å². The molecule has 3 nitrogen and oxygen atoms in total. The molecule has 1 aromatic rings. The molecular formula is C10H13NO2. The molecule has 1 aromatic heterocycles. The van der Waals surface area contributed by atoms with Gasteiger partial charge in [0.15, 0.2) is 0 Å². The van der Waals surface area contributed by atoms with E-state index in [9.17, 15) is 4.79 Å². The van der Waals surface area contributed by atoms with Crippen LogP contribution in [0.25, 0.3) is 0 Å². The van der Waals surface area contributed by atoms with E-state index < -0.39 is 0 Å². The van der Waals surface area contributed by atoms with Gasteiger partial charge in [-0.25, -0.2) is 0 Å². The average molecular weight is 179 g/mol. The predicted molar refractivity (Wildman–Crippen MR) is 49.3 cm³/mol. The highest BCUT2D eigenvalue weighted by molar-refractivity contribution is 5.71. The van der Waals surface area contributed by atoms with Gasteiger partial charge < -0.3 is 4.74 Å². The quantitative estimate of drug-likeness (QED) is 0.658. The standard InChI is InChI=1S/C10H13NO2/c1-3-8-4-5-11-9(6-8)7-10(12)13-2/h4-6H,3,7H2,1-2H3. The van der Waals surface area contributed by atoms with Crippen molar-refractivity contribution in [2.75, 3.05) is 7.11 Å². The maximum atomic E-state index is 10.9. The normalized spacial score (nSPS) is 9.69. The lowest BCUT2D eigenvalue weighted by atomic mass is 10.1. The fourth-order valence-electron chi connectivity index (χ4n) is 1.06. The Morgan fingerprint density at radius 1 is 1.62 bits per heavy atom. The summed E-state index contributed by atoms with van der Waals surface area (Å²) in [4.78, 5) is 15.0. The molecule has 3 heteroatoms. The largest absolute Gasteiger partial charge is 0.469 e. The van der Waals surface area contributed by atoms with E-state index in [2.05, 4.69) is 16.6 Å². The van der Waals surface area contributed by atoms with E-state index in [4.69, 9.17) is 0 Å². The van der Waals surface area contributed by atoms with Gasteiger partial charge in [0.1, 0.15) is 0 Å². The third-order valence-electron chi connectivity index (χ3n) is 1.84. The lowest BCUT2D eigenvalue weighted by Crippen LogP contribution is -2.06. The van der Waals surface area contributed by atoms with Gasteiger partial charge in [0.05, 0.1) is 19.2 Å². The van der Waals surface area contributed by atoms with Gasteiger partial charge in [-0.15, -0.1) is 0 Å². The number of pyridine rings is 1. The highest BCUT2D eigenvalue weighted by Crippen LogP contribution is 2.03. The fourth-order valence-corrected chi connectivity index (χ4v) is 1.06. The summed E-state index contributed by atoms with van der Waals surface area (Å²) in [5, 5.41) is 0. The van der Waals surface area contributed by atoms with Crippen molar-refractivity contribution in [1.82, 2.24) is 4.98 Å². The molecule has 0 fully saturated rings. The van der Waals surface area contributed by atoms with Crippen LogP contribution in [0.15, 0.2) is 18.3 Å². The summed E-state index contributed by atoms with van der Waals surface area (Å²) in [6.07, 6.45) is 2.93. The first-order valence-corrected chi connectivity index (χ1v) is 4.27. The van der Waals surface area contributed by atoms with E-state index in [0.717, 1.165) is 12.1 Å². The molecule has 0 amide bonds. The highest BCUT2D eigenvalue weighted by Gasteiger charge is 2.03. The second-order valence-electron chi connectivity index (χ2n) is 2.76. The Hall–Kier alpha value is -1.38. The third kappa shape index (κ3) is 2.86. The molecular weight excluding hydrogens is 166 g/mol. The minimum atomic E-state index is -0.249. The second-order valence-corrected chi connectivity index (χ2v) is 2.76. The fraction of sp³-hybridized carbons (Fsp3) is 0.400. The van der Waals surface area contributed by atoms with Crippen molar-refractivity contribution in [3.63, 3.8) is 0 Å². The van der Waals surface area contributed by atoms with E-state index in [0.29, 0.717) is 0 Å². The van der Waals surface area contributed by atoms with Gasteiger partial charge in [-0.1, -0.05) is 6.92 Å². The SMILES string of the molecule is CCc1ccnc(CC(=O)OC)c1. The number of esters is 1. The molecule has 0 unspecified atom stereocenters. The summed E-state index contributed by atoms with van der Waals surface area (Å²) in [5.41, 5.74) is 1.96. The van der Waals surface area contributed by atoms with Gasteiger partial charge in [-0.3, -0.25) is 9.78 Å². The number of aryl methyl sites for hydroxylation is 1. The lowest BCUT2D eigenvalue weighted by Gasteiger charge is -2.00. The Balaban J connectivity index is 2.71. The number of ether oxygens (including phenoxy) is 1. The predicted octanol–water partition coefficient (Wildman–Crippen LogP) is 1.36. The first-order chi connectivity index (χ1) is 6.26. The summed E-state index contributed by atoms with van der Waals surface area (Å²) in [5.74, 6) is -0.249. The number of rotatable bonds is 3. The molecule has 0 aromatic carbocycles. The van der Waals surface area contributed by atoms with Gasteiger partial charge in [0.25, 0.3) is 0 Å². The van der Waals surface area contributed by atoms with Crippen LogP contribution in [-0.4, -0.2) is 18.1 Å². The molecule has 0 saturated carbocycles. The number of methoxy groups -OCH3 is 1. The Morgan fingerprint density at radius 3 is 3.00 bits per heavy atom. The maximum absolute atomic E-state index is 10.9.